The van der Waals surface area contributed by atoms with Crippen LogP contribution in [-0.4, -0.2) is 11.0 Å². The summed E-state index contributed by atoms with van der Waals surface area (Å²) in [4.78, 5) is 12.4. The fourth-order valence-electron chi connectivity index (χ4n) is 2.43. The number of thiocarbonyl (C=S) groups is 1. The highest BCUT2D eigenvalue weighted by atomic mass is 35.5. The number of nitrogens with one attached hydrogen (secondary N) is 2. The van der Waals surface area contributed by atoms with Crippen molar-refractivity contribution in [1.82, 2.24) is 5.32 Å². The van der Waals surface area contributed by atoms with Crippen LogP contribution in [0, 0.1) is 13.8 Å². The largest absolute Gasteiger partial charge is 0.451 e. The van der Waals surface area contributed by atoms with Gasteiger partial charge in [-0.1, -0.05) is 41.4 Å². The van der Waals surface area contributed by atoms with E-state index >= 15 is 0 Å². The topological polar surface area (TPSA) is 54.3 Å². The highest BCUT2D eigenvalue weighted by molar-refractivity contribution is 7.80. The second-order valence-corrected chi connectivity index (χ2v) is 7.17. The average Bonchev–Trinajstić information content (AvgIpc) is 3.11. The molecular formula is C20H16Cl2N2O2S. The molecule has 1 aromatic heterocycles. The van der Waals surface area contributed by atoms with Crippen molar-refractivity contribution in [2.24, 2.45) is 0 Å². The monoisotopic (exact) mass is 418 g/mol. The normalized spacial score (nSPS) is 10.5. The standard InChI is InChI=1S/C20H16Cl2N2O2S/c1-11-6-7-13(10-12(11)2)16-8-9-17(26-16)19(25)24-20(27)23-15-5-3-4-14(21)18(15)22/h3-10H,1-2H3,(H2,23,24,25,27). The van der Waals surface area contributed by atoms with Crippen molar-refractivity contribution in [2.75, 3.05) is 5.32 Å². The number of benzene rings is 2. The van der Waals surface area contributed by atoms with Crippen LogP contribution in [0.25, 0.3) is 11.3 Å². The molecule has 4 nitrogen and oxygen atoms in total. The van der Waals surface area contributed by atoms with Crippen LogP contribution in [0.4, 0.5) is 5.69 Å². The van der Waals surface area contributed by atoms with E-state index in [1.165, 1.54) is 5.56 Å². The van der Waals surface area contributed by atoms with Crippen LogP contribution in [0.5, 0.6) is 0 Å². The number of aryl methyl sites for hydroxylation is 2. The van der Waals surface area contributed by atoms with Crippen LogP contribution in [0.3, 0.4) is 0 Å². The van der Waals surface area contributed by atoms with Gasteiger partial charge in [-0.3, -0.25) is 10.1 Å². The Morgan fingerprint density at radius 2 is 1.81 bits per heavy atom. The Labute approximate surface area is 172 Å². The summed E-state index contributed by atoms with van der Waals surface area (Å²) in [5, 5.41) is 6.21. The van der Waals surface area contributed by atoms with Crippen molar-refractivity contribution in [3.05, 3.63) is 75.5 Å². The van der Waals surface area contributed by atoms with Gasteiger partial charge in [-0.2, -0.15) is 0 Å². The first kappa shape index (κ1) is 19.4. The number of carbonyl (C=O) groups excluding carboxylic acids is 1. The molecule has 0 saturated carbocycles. The molecule has 0 aliphatic rings. The summed E-state index contributed by atoms with van der Waals surface area (Å²) >= 11 is 17.2. The summed E-state index contributed by atoms with van der Waals surface area (Å²) in [7, 11) is 0. The van der Waals surface area contributed by atoms with Gasteiger partial charge in [-0.25, -0.2) is 0 Å². The Morgan fingerprint density at radius 1 is 1.04 bits per heavy atom. The molecule has 2 aromatic carbocycles. The van der Waals surface area contributed by atoms with Crippen molar-refractivity contribution in [3.8, 4) is 11.3 Å². The van der Waals surface area contributed by atoms with E-state index in [9.17, 15) is 4.79 Å². The molecule has 0 atom stereocenters. The number of hydrogen-bond donors (Lipinski definition) is 2. The van der Waals surface area contributed by atoms with E-state index in [2.05, 4.69) is 10.6 Å². The highest BCUT2D eigenvalue weighted by Gasteiger charge is 2.15. The van der Waals surface area contributed by atoms with Crippen LogP contribution in [0.2, 0.25) is 10.0 Å². The number of halogens is 2. The molecule has 0 fully saturated rings. The van der Waals surface area contributed by atoms with Gasteiger partial charge in [0.15, 0.2) is 10.9 Å². The van der Waals surface area contributed by atoms with E-state index in [0.717, 1.165) is 11.1 Å². The summed E-state index contributed by atoms with van der Waals surface area (Å²) < 4.78 is 5.67. The lowest BCUT2D eigenvalue weighted by atomic mass is 10.1. The molecule has 0 bridgehead atoms. The zero-order valence-electron chi connectivity index (χ0n) is 14.6. The maximum Gasteiger partial charge on any atom is 0.293 e. The predicted octanol–water partition coefficient (Wildman–Crippen LogP) is 6.00. The second kappa shape index (κ2) is 8.13. The Bertz CT molecular complexity index is 1030. The van der Waals surface area contributed by atoms with Crippen molar-refractivity contribution >= 4 is 52.1 Å². The SMILES string of the molecule is Cc1ccc(-c2ccc(C(=O)NC(=S)Nc3cccc(Cl)c3Cl)o2)cc1C. The summed E-state index contributed by atoms with van der Waals surface area (Å²) in [5.74, 6) is 0.310. The molecule has 0 spiro atoms. The van der Waals surface area contributed by atoms with E-state index in [1.54, 1.807) is 30.3 Å². The number of amides is 1. The first-order valence-electron chi connectivity index (χ1n) is 8.09. The average molecular weight is 419 g/mol. The molecule has 1 amide bonds. The summed E-state index contributed by atoms with van der Waals surface area (Å²) in [6.45, 7) is 4.07. The van der Waals surface area contributed by atoms with Gasteiger partial charge in [0.25, 0.3) is 5.91 Å². The van der Waals surface area contributed by atoms with Gasteiger partial charge in [0.1, 0.15) is 5.76 Å². The lowest BCUT2D eigenvalue weighted by Gasteiger charge is -2.10. The molecule has 7 heteroatoms. The molecule has 0 aliphatic carbocycles. The van der Waals surface area contributed by atoms with Crippen LogP contribution in [0.1, 0.15) is 21.7 Å². The number of carbonyl (C=O) groups is 1. The first-order valence-corrected chi connectivity index (χ1v) is 9.25. The molecule has 27 heavy (non-hydrogen) atoms. The summed E-state index contributed by atoms with van der Waals surface area (Å²) in [6, 6.07) is 14.4. The fourth-order valence-corrected chi connectivity index (χ4v) is 2.98. The maximum absolute atomic E-state index is 12.4. The zero-order chi connectivity index (χ0) is 19.6. The molecule has 0 saturated heterocycles. The predicted molar refractivity (Wildman–Crippen MR) is 114 cm³/mol. The third-order valence-corrected chi connectivity index (χ3v) is 5.07. The van der Waals surface area contributed by atoms with E-state index in [4.69, 9.17) is 39.8 Å². The smallest absolute Gasteiger partial charge is 0.293 e. The lowest BCUT2D eigenvalue weighted by Crippen LogP contribution is -2.33. The molecule has 3 aromatic rings. The lowest BCUT2D eigenvalue weighted by molar-refractivity contribution is 0.0951. The molecule has 138 valence electrons. The minimum atomic E-state index is -0.458. The number of furan rings is 1. The van der Waals surface area contributed by atoms with Crippen LogP contribution >= 0.6 is 35.4 Å². The van der Waals surface area contributed by atoms with E-state index < -0.39 is 5.91 Å². The van der Waals surface area contributed by atoms with Gasteiger partial charge in [0, 0.05) is 5.56 Å². The van der Waals surface area contributed by atoms with Gasteiger partial charge >= 0.3 is 0 Å². The quantitative estimate of drug-likeness (QED) is 0.512. The van der Waals surface area contributed by atoms with Crippen molar-refractivity contribution in [1.29, 1.82) is 0 Å². The summed E-state index contributed by atoms with van der Waals surface area (Å²) in [6.07, 6.45) is 0. The Balaban J connectivity index is 1.69. The van der Waals surface area contributed by atoms with Gasteiger partial charge < -0.3 is 9.73 Å². The van der Waals surface area contributed by atoms with Gasteiger partial charge in [0.05, 0.1) is 15.7 Å². The van der Waals surface area contributed by atoms with Crippen molar-refractivity contribution in [2.45, 2.75) is 13.8 Å². The van der Waals surface area contributed by atoms with E-state index in [-0.39, 0.29) is 10.9 Å². The molecule has 0 radical (unpaired) electrons. The second-order valence-electron chi connectivity index (χ2n) is 5.97. The number of anilines is 1. The minimum Gasteiger partial charge on any atom is -0.451 e. The molecule has 2 N–H and O–H groups in total. The van der Waals surface area contributed by atoms with Crippen LogP contribution in [-0.2, 0) is 0 Å². The summed E-state index contributed by atoms with van der Waals surface area (Å²) in [5.41, 5.74) is 3.76. The van der Waals surface area contributed by atoms with E-state index in [0.29, 0.717) is 21.5 Å². The third kappa shape index (κ3) is 4.50. The Hall–Kier alpha value is -2.34. The highest BCUT2D eigenvalue weighted by Crippen LogP contribution is 2.29. The molecule has 1 heterocycles. The maximum atomic E-state index is 12.4. The molecular weight excluding hydrogens is 403 g/mol. The van der Waals surface area contributed by atoms with Crippen molar-refractivity contribution < 1.29 is 9.21 Å². The van der Waals surface area contributed by atoms with Crippen molar-refractivity contribution in [3.63, 3.8) is 0 Å². The van der Waals surface area contributed by atoms with Gasteiger partial charge in [-0.05, 0) is 67.5 Å². The Kier molecular flexibility index (Phi) is 5.85. The van der Waals surface area contributed by atoms with Crippen LogP contribution < -0.4 is 10.6 Å². The number of rotatable bonds is 3. The molecule has 3 rings (SSSR count). The third-order valence-electron chi connectivity index (χ3n) is 4.05. The molecule has 0 aliphatic heterocycles. The first-order chi connectivity index (χ1) is 12.8. The number of hydrogen-bond acceptors (Lipinski definition) is 3. The van der Waals surface area contributed by atoms with Gasteiger partial charge in [-0.15, -0.1) is 0 Å². The zero-order valence-corrected chi connectivity index (χ0v) is 16.9. The Morgan fingerprint density at radius 3 is 2.56 bits per heavy atom. The van der Waals surface area contributed by atoms with Crippen LogP contribution in [0.15, 0.2) is 52.9 Å². The minimum absolute atomic E-state index is 0.0910. The molecule has 0 unspecified atom stereocenters. The van der Waals surface area contributed by atoms with E-state index in [1.807, 2.05) is 32.0 Å². The fraction of sp³-hybridized carbons (Fsp3) is 0.100. The van der Waals surface area contributed by atoms with Gasteiger partial charge in [0.2, 0.25) is 0 Å².